The fraction of sp³-hybridized carbons (Fsp3) is 0.900. The summed E-state index contributed by atoms with van der Waals surface area (Å²) in [4.78, 5) is 22.8. The van der Waals surface area contributed by atoms with Crippen LogP contribution in [0.3, 0.4) is 0 Å². The lowest BCUT2D eigenvalue weighted by Gasteiger charge is -2.37. The van der Waals surface area contributed by atoms with Crippen molar-refractivity contribution in [1.82, 2.24) is 0 Å². The highest BCUT2D eigenvalue weighted by Crippen LogP contribution is 2.53. The average Bonchev–Trinajstić information content (AvgIpc) is 3.12. The first-order chi connectivity index (χ1) is 12.0. The number of unbranched alkanes of at least 4 members (excludes halogenated alkanes) is 9. The van der Waals surface area contributed by atoms with Gasteiger partial charge in [-0.15, -0.1) is 0 Å². The Morgan fingerprint density at radius 3 is 2.00 bits per heavy atom. The molecule has 144 valence electrons. The van der Waals surface area contributed by atoms with Crippen LogP contribution in [0.25, 0.3) is 0 Å². The molecule has 2 saturated heterocycles. The molecule has 0 N–H and O–H groups in total. The summed E-state index contributed by atoms with van der Waals surface area (Å²) in [6, 6.07) is 0. The molecule has 2 aliphatic rings. The van der Waals surface area contributed by atoms with Gasteiger partial charge >= 0.3 is 0 Å². The van der Waals surface area contributed by atoms with Crippen molar-refractivity contribution in [3.8, 4) is 0 Å². The van der Waals surface area contributed by atoms with E-state index in [9.17, 15) is 19.8 Å². The minimum absolute atomic E-state index is 0.518. The van der Waals surface area contributed by atoms with Gasteiger partial charge in [-0.2, -0.15) is 0 Å². The number of hydrogen-bond donors (Lipinski definition) is 0. The third kappa shape index (κ3) is 4.96. The van der Waals surface area contributed by atoms with Crippen molar-refractivity contribution in [3.05, 3.63) is 0 Å². The first-order valence-corrected chi connectivity index (χ1v) is 10.1. The molecular weight excluding hydrogens is 320 g/mol. The number of carboxylic acid groups (broad SMARTS) is 2. The summed E-state index contributed by atoms with van der Waals surface area (Å²) in [5, 5.41) is 22.8. The molecule has 2 unspecified atom stereocenters. The normalized spacial score (nSPS) is 30.7. The van der Waals surface area contributed by atoms with Crippen molar-refractivity contribution in [3.63, 3.8) is 0 Å². The SMILES string of the molecule is CCCCCCCCCCCC[C@@]12CC[C@@H](O1)C(C(=O)[O-])C2C(=O)[O-]. The number of carbonyl (C=O) groups is 2. The van der Waals surface area contributed by atoms with Gasteiger partial charge in [-0.3, -0.25) is 0 Å². The van der Waals surface area contributed by atoms with E-state index in [0.717, 1.165) is 19.3 Å². The molecule has 5 nitrogen and oxygen atoms in total. The monoisotopic (exact) mass is 352 g/mol. The summed E-state index contributed by atoms with van der Waals surface area (Å²) in [5.41, 5.74) is -0.839. The highest BCUT2D eigenvalue weighted by atomic mass is 16.5. The van der Waals surface area contributed by atoms with E-state index in [1.54, 1.807) is 0 Å². The molecular formula is C20H32O5-2. The molecule has 0 aromatic heterocycles. The Labute approximate surface area is 151 Å². The summed E-state index contributed by atoms with van der Waals surface area (Å²) in [7, 11) is 0. The second kappa shape index (κ2) is 9.56. The maximum absolute atomic E-state index is 11.5. The molecule has 4 atom stereocenters. The van der Waals surface area contributed by atoms with E-state index in [2.05, 4.69) is 6.92 Å². The molecule has 5 heteroatoms. The molecule has 2 rings (SSSR count). The Kier molecular flexibility index (Phi) is 7.73. The standard InChI is InChI=1S/C20H34O5/c1-2-3-4-5-6-7-8-9-10-11-13-20-14-12-15(25-20)16(18(21)22)17(20)19(23)24/h15-17H,2-14H2,1H3,(H,21,22)(H,23,24)/p-2/t15-,16?,17?,20+/m1/s1. The second-order valence-electron chi connectivity index (χ2n) is 7.83. The number of aliphatic carboxylic acids is 2. The quantitative estimate of drug-likeness (QED) is 0.473. The lowest BCUT2D eigenvalue weighted by atomic mass is 9.69. The lowest BCUT2D eigenvalue weighted by molar-refractivity contribution is -0.328. The van der Waals surface area contributed by atoms with Gasteiger partial charge in [-0.05, 0) is 19.3 Å². The largest absolute Gasteiger partial charge is 0.550 e. The van der Waals surface area contributed by atoms with E-state index in [4.69, 9.17) is 4.74 Å². The second-order valence-corrected chi connectivity index (χ2v) is 7.83. The molecule has 2 fully saturated rings. The van der Waals surface area contributed by atoms with Gasteiger partial charge in [-0.25, -0.2) is 0 Å². The van der Waals surface area contributed by atoms with Crippen molar-refractivity contribution >= 4 is 11.9 Å². The zero-order chi connectivity index (χ0) is 18.3. The zero-order valence-electron chi connectivity index (χ0n) is 15.5. The predicted molar refractivity (Wildman–Crippen MR) is 90.3 cm³/mol. The number of ether oxygens (including phenoxy) is 1. The van der Waals surface area contributed by atoms with Gasteiger partial charge in [0, 0.05) is 23.8 Å². The van der Waals surface area contributed by atoms with Gasteiger partial charge < -0.3 is 24.5 Å². The molecule has 2 bridgehead atoms. The van der Waals surface area contributed by atoms with Gasteiger partial charge in [0.2, 0.25) is 0 Å². The number of rotatable bonds is 13. The van der Waals surface area contributed by atoms with Crippen molar-refractivity contribution in [1.29, 1.82) is 0 Å². The predicted octanol–water partition coefficient (Wildman–Crippen LogP) is 1.96. The molecule has 0 radical (unpaired) electrons. The Balaban J connectivity index is 1.68. The molecule has 25 heavy (non-hydrogen) atoms. The minimum Gasteiger partial charge on any atom is -0.550 e. The van der Waals surface area contributed by atoms with Crippen LogP contribution in [0.2, 0.25) is 0 Å². The van der Waals surface area contributed by atoms with Crippen LogP contribution in [0, 0.1) is 11.8 Å². The van der Waals surface area contributed by atoms with E-state index in [1.807, 2.05) is 0 Å². The van der Waals surface area contributed by atoms with Crippen molar-refractivity contribution in [2.75, 3.05) is 0 Å². The van der Waals surface area contributed by atoms with Crippen LogP contribution >= 0.6 is 0 Å². The van der Waals surface area contributed by atoms with Crippen molar-refractivity contribution in [2.24, 2.45) is 11.8 Å². The summed E-state index contributed by atoms with van der Waals surface area (Å²) in [6.45, 7) is 2.22. The Morgan fingerprint density at radius 1 is 0.920 bits per heavy atom. The summed E-state index contributed by atoms with van der Waals surface area (Å²) in [6.07, 6.45) is 13.4. The number of carbonyl (C=O) groups excluding carboxylic acids is 2. The number of fused-ring (bicyclic) bond motifs is 2. The highest BCUT2D eigenvalue weighted by Gasteiger charge is 2.59. The smallest absolute Gasteiger partial charge is 0.0774 e. The van der Waals surface area contributed by atoms with Crippen LogP contribution in [0.4, 0.5) is 0 Å². The molecule has 0 aromatic rings. The van der Waals surface area contributed by atoms with Crippen LogP contribution in [-0.4, -0.2) is 23.6 Å². The lowest BCUT2D eigenvalue weighted by Crippen LogP contribution is -2.53. The first kappa shape index (κ1) is 20.2. The van der Waals surface area contributed by atoms with Crippen LogP contribution in [-0.2, 0) is 14.3 Å². The molecule has 0 saturated carbocycles. The van der Waals surface area contributed by atoms with E-state index < -0.39 is 35.5 Å². The minimum atomic E-state index is -1.32. The van der Waals surface area contributed by atoms with Crippen LogP contribution < -0.4 is 10.2 Å². The fourth-order valence-electron chi connectivity index (χ4n) is 4.73. The number of hydrogen-bond acceptors (Lipinski definition) is 5. The Hall–Kier alpha value is -1.10. The maximum atomic E-state index is 11.5. The third-order valence-corrected chi connectivity index (χ3v) is 6.04. The van der Waals surface area contributed by atoms with Gasteiger partial charge in [0.05, 0.1) is 11.7 Å². The molecule has 0 amide bonds. The van der Waals surface area contributed by atoms with Gasteiger partial charge in [0.25, 0.3) is 0 Å². The zero-order valence-corrected chi connectivity index (χ0v) is 15.5. The van der Waals surface area contributed by atoms with Crippen LogP contribution in [0.5, 0.6) is 0 Å². The maximum Gasteiger partial charge on any atom is 0.0774 e. The topological polar surface area (TPSA) is 89.5 Å². The van der Waals surface area contributed by atoms with Gasteiger partial charge in [0.1, 0.15) is 0 Å². The van der Waals surface area contributed by atoms with Crippen molar-refractivity contribution < 1.29 is 24.5 Å². The Bertz CT molecular complexity index is 449. The molecule has 0 spiro atoms. The van der Waals surface area contributed by atoms with Crippen LogP contribution in [0.1, 0.15) is 90.4 Å². The summed E-state index contributed by atoms with van der Waals surface area (Å²) < 4.78 is 5.85. The number of carboxylic acids is 2. The highest BCUT2D eigenvalue weighted by molar-refractivity contribution is 5.80. The third-order valence-electron chi connectivity index (χ3n) is 6.04. The summed E-state index contributed by atoms with van der Waals surface area (Å²) >= 11 is 0. The molecule has 2 heterocycles. The first-order valence-electron chi connectivity index (χ1n) is 10.1. The molecule has 0 aliphatic carbocycles. The van der Waals surface area contributed by atoms with E-state index >= 15 is 0 Å². The van der Waals surface area contributed by atoms with E-state index in [1.165, 1.54) is 44.9 Å². The van der Waals surface area contributed by atoms with Crippen molar-refractivity contribution in [2.45, 2.75) is 102 Å². The van der Waals surface area contributed by atoms with E-state index in [-0.39, 0.29) is 0 Å². The van der Waals surface area contributed by atoms with Gasteiger partial charge in [-0.1, -0.05) is 71.1 Å². The Morgan fingerprint density at radius 2 is 1.48 bits per heavy atom. The molecule has 0 aromatic carbocycles. The summed E-state index contributed by atoms with van der Waals surface area (Å²) in [5.74, 6) is -4.73. The van der Waals surface area contributed by atoms with Crippen LogP contribution in [0.15, 0.2) is 0 Å². The average molecular weight is 352 g/mol. The van der Waals surface area contributed by atoms with E-state index in [0.29, 0.717) is 19.3 Å². The fourth-order valence-corrected chi connectivity index (χ4v) is 4.73. The van der Waals surface area contributed by atoms with Gasteiger partial charge in [0.15, 0.2) is 0 Å². The molecule has 2 aliphatic heterocycles.